The van der Waals surface area contributed by atoms with Gasteiger partial charge in [-0.15, -0.1) is 0 Å². The maximum absolute atomic E-state index is 5.34. The number of hydrogen-bond acceptors (Lipinski definition) is 4. The SMILES string of the molecule is CCOCCCCNCCN1CCN2CCCCC2C1. The molecule has 118 valence electrons. The van der Waals surface area contributed by atoms with Gasteiger partial charge in [0.05, 0.1) is 0 Å². The minimum absolute atomic E-state index is 0.848. The van der Waals surface area contributed by atoms with Crippen LogP contribution in [0.15, 0.2) is 0 Å². The van der Waals surface area contributed by atoms with E-state index in [0.717, 1.165) is 32.3 Å². The van der Waals surface area contributed by atoms with Crippen molar-refractivity contribution in [1.29, 1.82) is 0 Å². The monoisotopic (exact) mass is 283 g/mol. The number of hydrogen-bond donors (Lipinski definition) is 1. The molecule has 2 rings (SSSR count). The largest absolute Gasteiger partial charge is 0.382 e. The summed E-state index contributed by atoms with van der Waals surface area (Å²) in [5.41, 5.74) is 0. The van der Waals surface area contributed by atoms with Crippen LogP contribution < -0.4 is 5.32 Å². The number of piperidine rings is 1. The molecule has 0 aromatic carbocycles. The number of nitrogens with zero attached hydrogens (tertiary/aromatic N) is 2. The van der Waals surface area contributed by atoms with Crippen LogP contribution in [0.1, 0.15) is 39.0 Å². The lowest BCUT2D eigenvalue weighted by Gasteiger charge is -2.44. The van der Waals surface area contributed by atoms with Crippen molar-refractivity contribution in [3.63, 3.8) is 0 Å². The van der Waals surface area contributed by atoms with E-state index in [1.165, 1.54) is 64.8 Å². The summed E-state index contributed by atoms with van der Waals surface area (Å²) in [4.78, 5) is 5.36. The predicted octanol–water partition coefficient (Wildman–Crippen LogP) is 1.56. The van der Waals surface area contributed by atoms with E-state index in [9.17, 15) is 0 Å². The fourth-order valence-electron chi connectivity index (χ4n) is 3.38. The lowest BCUT2D eigenvalue weighted by Crippen LogP contribution is -2.55. The van der Waals surface area contributed by atoms with Crippen molar-refractivity contribution in [2.24, 2.45) is 0 Å². The highest BCUT2D eigenvalue weighted by Gasteiger charge is 2.28. The van der Waals surface area contributed by atoms with Crippen molar-refractivity contribution in [1.82, 2.24) is 15.1 Å². The second kappa shape index (κ2) is 9.72. The Hall–Kier alpha value is -0.160. The first kappa shape index (κ1) is 16.2. The molecule has 20 heavy (non-hydrogen) atoms. The number of nitrogens with one attached hydrogen (secondary N) is 1. The van der Waals surface area contributed by atoms with E-state index in [1.807, 2.05) is 0 Å². The molecular weight excluding hydrogens is 250 g/mol. The molecule has 2 fully saturated rings. The lowest BCUT2D eigenvalue weighted by molar-refractivity contribution is 0.0500. The van der Waals surface area contributed by atoms with Gasteiger partial charge in [-0.1, -0.05) is 6.42 Å². The second-order valence-electron chi connectivity index (χ2n) is 6.14. The fraction of sp³-hybridized carbons (Fsp3) is 1.00. The first-order valence-corrected chi connectivity index (χ1v) is 8.65. The van der Waals surface area contributed by atoms with Crippen LogP contribution in [0.3, 0.4) is 0 Å². The van der Waals surface area contributed by atoms with Gasteiger partial charge in [-0.2, -0.15) is 0 Å². The third kappa shape index (κ3) is 5.68. The van der Waals surface area contributed by atoms with Crippen molar-refractivity contribution in [3.05, 3.63) is 0 Å². The Labute approximate surface area is 124 Å². The summed E-state index contributed by atoms with van der Waals surface area (Å²) >= 11 is 0. The van der Waals surface area contributed by atoms with E-state index in [1.54, 1.807) is 0 Å². The van der Waals surface area contributed by atoms with E-state index in [4.69, 9.17) is 4.74 Å². The standard InChI is InChI=1S/C16H33N3O/c1-2-20-14-6-4-8-17-9-11-18-12-13-19-10-5-3-7-16(19)15-18/h16-17H,2-15H2,1H3. The van der Waals surface area contributed by atoms with Crippen LogP contribution >= 0.6 is 0 Å². The molecule has 2 heterocycles. The van der Waals surface area contributed by atoms with Crippen molar-refractivity contribution in [2.75, 3.05) is 59.0 Å². The fourth-order valence-corrected chi connectivity index (χ4v) is 3.38. The van der Waals surface area contributed by atoms with Gasteiger partial charge in [0.1, 0.15) is 0 Å². The van der Waals surface area contributed by atoms with Crippen LogP contribution in [0, 0.1) is 0 Å². The predicted molar refractivity (Wildman–Crippen MR) is 84.2 cm³/mol. The molecule has 0 amide bonds. The number of unbranched alkanes of at least 4 members (excludes halogenated alkanes) is 1. The summed E-state index contributed by atoms with van der Waals surface area (Å²) in [7, 11) is 0. The van der Waals surface area contributed by atoms with Crippen molar-refractivity contribution < 1.29 is 4.74 Å². The van der Waals surface area contributed by atoms with E-state index < -0.39 is 0 Å². The molecule has 0 bridgehead atoms. The van der Waals surface area contributed by atoms with Gasteiger partial charge in [0, 0.05) is 52.0 Å². The molecule has 2 saturated heterocycles. The Kier molecular flexibility index (Phi) is 7.88. The Balaban J connectivity index is 1.46. The van der Waals surface area contributed by atoms with Gasteiger partial charge in [-0.05, 0) is 45.7 Å². The van der Waals surface area contributed by atoms with Gasteiger partial charge < -0.3 is 10.1 Å². The molecule has 2 aliphatic rings. The summed E-state index contributed by atoms with van der Waals surface area (Å²) in [6, 6.07) is 0.851. The van der Waals surface area contributed by atoms with Crippen molar-refractivity contribution in [2.45, 2.75) is 45.1 Å². The Bertz CT molecular complexity index is 250. The minimum atomic E-state index is 0.848. The average molecular weight is 283 g/mol. The second-order valence-corrected chi connectivity index (χ2v) is 6.14. The summed E-state index contributed by atoms with van der Waals surface area (Å²) < 4.78 is 5.34. The molecule has 0 aromatic heterocycles. The third-order valence-corrected chi connectivity index (χ3v) is 4.62. The van der Waals surface area contributed by atoms with Gasteiger partial charge >= 0.3 is 0 Å². The molecule has 0 saturated carbocycles. The summed E-state index contributed by atoms with van der Waals surface area (Å²) in [6.45, 7) is 12.5. The van der Waals surface area contributed by atoms with Gasteiger partial charge in [0.15, 0.2) is 0 Å². The zero-order chi connectivity index (χ0) is 14.0. The zero-order valence-corrected chi connectivity index (χ0v) is 13.3. The highest BCUT2D eigenvalue weighted by Crippen LogP contribution is 2.20. The molecule has 4 nitrogen and oxygen atoms in total. The highest BCUT2D eigenvalue weighted by molar-refractivity contribution is 4.85. The Morgan fingerprint density at radius 1 is 1.10 bits per heavy atom. The summed E-state index contributed by atoms with van der Waals surface area (Å²) in [5, 5.41) is 3.57. The quantitative estimate of drug-likeness (QED) is 0.650. The molecule has 0 spiro atoms. The van der Waals surface area contributed by atoms with Crippen LogP contribution in [-0.2, 0) is 4.74 Å². The van der Waals surface area contributed by atoms with Crippen LogP contribution in [-0.4, -0.2) is 74.9 Å². The van der Waals surface area contributed by atoms with Crippen LogP contribution in [0.5, 0.6) is 0 Å². The molecule has 1 unspecified atom stereocenters. The van der Waals surface area contributed by atoms with Gasteiger partial charge in [0.2, 0.25) is 0 Å². The molecule has 2 aliphatic heterocycles. The topological polar surface area (TPSA) is 27.7 Å². The van der Waals surface area contributed by atoms with E-state index in [0.29, 0.717) is 0 Å². The molecular formula is C16H33N3O. The number of fused-ring (bicyclic) bond motifs is 1. The maximum atomic E-state index is 5.34. The molecule has 0 radical (unpaired) electrons. The molecule has 0 aliphatic carbocycles. The smallest absolute Gasteiger partial charge is 0.0466 e. The van der Waals surface area contributed by atoms with Gasteiger partial charge in [0.25, 0.3) is 0 Å². The minimum Gasteiger partial charge on any atom is -0.382 e. The van der Waals surface area contributed by atoms with Crippen LogP contribution in [0.4, 0.5) is 0 Å². The molecule has 4 heteroatoms. The maximum Gasteiger partial charge on any atom is 0.0466 e. The molecule has 0 aromatic rings. The average Bonchev–Trinajstić information content (AvgIpc) is 2.50. The number of ether oxygens (including phenoxy) is 1. The van der Waals surface area contributed by atoms with E-state index in [2.05, 4.69) is 22.0 Å². The highest BCUT2D eigenvalue weighted by atomic mass is 16.5. The molecule has 1 N–H and O–H groups in total. The Morgan fingerprint density at radius 3 is 2.95 bits per heavy atom. The lowest BCUT2D eigenvalue weighted by atomic mass is 9.99. The number of rotatable bonds is 9. The van der Waals surface area contributed by atoms with Gasteiger partial charge in [-0.25, -0.2) is 0 Å². The third-order valence-electron chi connectivity index (χ3n) is 4.62. The summed E-state index contributed by atoms with van der Waals surface area (Å²) in [6.07, 6.45) is 6.69. The first-order valence-electron chi connectivity index (χ1n) is 8.65. The van der Waals surface area contributed by atoms with Crippen molar-refractivity contribution in [3.8, 4) is 0 Å². The van der Waals surface area contributed by atoms with Crippen LogP contribution in [0.2, 0.25) is 0 Å². The van der Waals surface area contributed by atoms with Gasteiger partial charge in [-0.3, -0.25) is 9.80 Å². The van der Waals surface area contributed by atoms with Crippen molar-refractivity contribution >= 4 is 0 Å². The number of piperazine rings is 1. The molecule has 1 atom stereocenters. The zero-order valence-electron chi connectivity index (χ0n) is 13.3. The summed E-state index contributed by atoms with van der Waals surface area (Å²) in [5.74, 6) is 0. The van der Waals surface area contributed by atoms with E-state index >= 15 is 0 Å². The van der Waals surface area contributed by atoms with E-state index in [-0.39, 0.29) is 0 Å². The van der Waals surface area contributed by atoms with Crippen LogP contribution in [0.25, 0.3) is 0 Å². The normalized spacial score (nSPS) is 24.8. The first-order chi connectivity index (χ1) is 9.90. The Morgan fingerprint density at radius 2 is 2.05 bits per heavy atom.